The highest BCUT2D eigenvalue weighted by molar-refractivity contribution is 6.11. The van der Waals surface area contributed by atoms with Crippen LogP contribution in [0.3, 0.4) is 0 Å². The number of hydrogen-bond donors (Lipinski definition) is 0. The van der Waals surface area contributed by atoms with E-state index in [-0.39, 0.29) is 5.69 Å². The Labute approximate surface area is 140 Å². The SMILES string of the molecule is CC(C)(C)OC(=O)N(C(=O)OC(C)(C)C)c1ccnn2ccnc12. The molecule has 0 bridgehead atoms. The van der Waals surface area contributed by atoms with Crippen LogP contribution in [0.5, 0.6) is 0 Å². The maximum absolute atomic E-state index is 12.6. The Bertz CT molecular complexity index is 727. The van der Waals surface area contributed by atoms with Crippen LogP contribution in [0, 0.1) is 0 Å². The van der Waals surface area contributed by atoms with Gasteiger partial charge in [-0.15, -0.1) is 0 Å². The molecule has 0 fully saturated rings. The average molecular weight is 334 g/mol. The Morgan fingerprint density at radius 2 is 1.54 bits per heavy atom. The third-order valence-electron chi connectivity index (χ3n) is 2.67. The molecule has 2 aromatic rings. The number of rotatable bonds is 1. The molecule has 0 spiro atoms. The van der Waals surface area contributed by atoms with Crippen LogP contribution >= 0.6 is 0 Å². The predicted molar refractivity (Wildman–Crippen MR) is 87.9 cm³/mol. The number of fused-ring (bicyclic) bond motifs is 1. The number of ether oxygens (including phenoxy) is 2. The Balaban J connectivity index is 2.48. The summed E-state index contributed by atoms with van der Waals surface area (Å²) in [4.78, 5) is 30.2. The van der Waals surface area contributed by atoms with E-state index < -0.39 is 23.4 Å². The molecule has 24 heavy (non-hydrogen) atoms. The van der Waals surface area contributed by atoms with Crippen LogP contribution in [0.1, 0.15) is 41.5 Å². The first-order valence-corrected chi connectivity index (χ1v) is 7.52. The molecule has 0 unspecified atom stereocenters. The molecule has 130 valence electrons. The van der Waals surface area contributed by atoms with E-state index in [1.165, 1.54) is 23.0 Å². The summed E-state index contributed by atoms with van der Waals surface area (Å²) in [6.07, 6.45) is 2.92. The van der Waals surface area contributed by atoms with Crippen molar-refractivity contribution in [3.63, 3.8) is 0 Å². The number of imidazole rings is 1. The minimum Gasteiger partial charge on any atom is -0.443 e. The standard InChI is InChI=1S/C16H22N4O4/c1-15(2,3)23-13(21)20(14(22)24-16(4,5)6)11-7-8-18-19-10-9-17-12(11)19/h7-10H,1-6H3. The lowest BCUT2D eigenvalue weighted by molar-refractivity contribution is 0.0431. The second kappa shape index (κ2) is 6.10. The Morgan fingerprint density at radius 1 is 1.00 bits per heavy atom. The summed E-state index contributed by atoms with van der Waals surface area (Å²) in [5, 5.41) is 4.08. The quantitative estimate of drug-likeness (QED) is 0.794. The van der Waals surface area contributed by atoms with Crippen LogP contribution < -0.4 is 4.90 Å². The molecule has 0 saturated heterocycles. The lowest BCUT2D eigenvalue weighted by atomic mass is 10.2. The molecular formula is C16H22N4O4. The number of anilines is 1. The van der Waals surface area contributed by atoms with Gasteiger partial charge < -0.3 is 9.47 Å². The lowest BCUT2D eigenvalue weighted by Crippen LogP contribution is -2.44. The van der Waals surface area contributed by atoms with Crippen molar-refractivity contribution in [2.24, 2.45) is 0 Å². The fourth-order valence-electron chi connectivity index (χ4n) is 1.88. The van der Waals surface area contributed by atoms with Crippen LogP contribution in [0.4, 0.5) is 15.3 Å². The molecule has 0 N–H and O–H groups in total. The van der Waals surface area contributed by atoms with E-state index in [4.69, 9.17) is 9.47 Å². The molecule has 8 nitrogen and oxygen atoms in total. The van der Waals surface area contributed by atoms with Crippen LogP contribution in [0.15, 0.2) is 24.7 Å². The Kier molecular flexibility index (Phi) is 4.50. The smallest absolute Gasteiger partial charge is 0.424 e. The van der Waals surface area contributed by atoms with E-state index in [9.17, 15) is 9.59 Å². The summed E-state index contributed by atoms with van der Waals surface area (Å²) in [6.45, 7) is 10.3. The Hall–Kier alpha value is -2.64. The van der Waals surface area contributed by atoms with Gasteiger partial charge in [-0.05, 0) is 47.6 Å². The summed E-state index contributed by atoms with van der Waals surface area (Å²) < 4.78 is 12.1. The van der Waals surface area contributed by atoms with Gasteiger partial charge in [-0.3, -0.25) is 0 Å². The van der Waals surface area contributed by atoms with Crippen LogP contribution in [-0.4, -0.2) is 38.0 Å². The number of carbonyl (C=O) groups is 2. The summed E-state index contributed by atoms with van der Waals surface area (Å²) in [5.74, 6) is 0. The van der Waals surface area contributed by atoms with E-state index in [0.29, 0.717) is 5.65 Å². The lowest BCUT2D eigenvalue weighted by Gasteiger charge is -2.28. The molecule has 0 aliphatic heterocycles. The van der Waals surface area contributed by atoms with Crippen LogP contribution in [0.25, 0.3) is 5.65 Å². The zero-order chi connectivity index (χ0) is 18.1. The van der Waals surface area contributed by atoms with Crippen molar-refractivity contribution in [2.45, 2.75) is 52.7 Å². The monoisotopic (exact) mass is 334 g/mol. The van der Waals surface area contributed by atoms with E-state index in [2.05, 4.69) is 10.1 Å². The summed E-state index contributed by atoms with van der Waals surface area (Å²) in [6, 6.07) is 1.51. The molecule has 0 atom stereocenters. The third-order valence-corrected chi connectivity index (χ3v) is 2.67. The van der Waals surface area contributed by atoms with Crippen molar-refractivity contribution < 1.29 is 19.1 Å². The van der Waals surface area contributed by atoms with E-state index >= 15 is 0 Å². The van der Waals surface area contributed by atoms with Crippen molar-refractivity contribution in [2.75, 3.05) is 4.90 Å². The number of carbonyl (C=O) groups excluding carboxylic acids is 2. The van der Waals surface area contributed by atoms with Gasteiger partial charge in [-0.2, -0.15) is 10.00 Å². The van der Waals surface area contributed by atoms with Gasteiger partial charge >= 0.3 is 12.2 Å². The molecule has 2 heterocycles. The highest BCUT2D eigenvalue weighted by Crippen LogP contribution is 2.24. The first-order chi connectivity index (χ1) is 11.0. The molecule has 2 aromatic heterocycles. The van der Waals surface area contributed by atoms with Gasteiger partial charge in [0.1, 0.15) is 16.9 Å². The first kappa shape index (κ1) is 17.7. The maximum atomic E-state index is 12.6. The molecule has 0 aliphatic carbocycles. The number of nitrogens with zero attached hydrogens (tertiary/aromatic N) is 4. The number of hydrogen-bond acceptors (Lipinski definition) is 6. The highest BCUT2D eigenvalue weighted by atomic mass is 16.6. The van der Waals surface area contributed by atoms with Crippen molar-refractivity contribution in [3.8, 4) is 0 Å². The fourth-order valence-corrected chi connectivity index (χ4v) is 1.88. The van der Waals surface area contributed by atoms with Crippen molar-refractivity contribution in [1.29, 1.82) is 0 Å². The van der Waals surface area contributed by atoms with Crippen molar-refractivity contribution in [1.82, 2.24) is 14.6 Å². The van der Waals surface area contributed by atoms with E-state index in [0.717, 1.165) is 4.90 Å². The predicted octanol–water partition coefficient (Wildman–Crippen LogP) is 3.41. The van der Waals surface area contributed by atoms with Gasteiger partial charge in [0, 0.05) is 12.4 Å². The number of imide groups is 1. The fraction of sp³-hybridized carbons (Fsp3) is 0.500. The second-order valence-corrected chi connectivity index (χ2v) is 7.21. The summed E-state index contributed by atoms with van der Waals surface area (Å²) >= 11 is 0. The second-order valence-electron chi connectivity index (χ2n) is 7.21. The minimum absolute atomic E-state index is 0.235. The molecule has 0 aromatic carbocycles. The molecule has 0 radical (unpaired) electrons. The molecule has 2 rings (SSSR count). The summed E-state index contributed by atoms with van der Waals surface area (Å²) in [7, 11) is 0. The normalized spacial score (nSPS) is 12.1. The molecule has 8 heteroatoms. The largest absolute Gasteiger partial charge is 0.443 e. The number of aromatic nitrogens is 3. The minimum atomic E-state index is -0.840. The number of amides is 2. The topological polar surface area (TPSA) is 86.0 Å². The molecular weight excluding hydrogens is 312 g/mol. The third kappa shape index (κ3) is 4.21. The van der Waals surface area contributed by atoms with Gasteiger partial charge in [-0.25, -0.2) is 19.1 Å². The van der Waals surface area contributed by atoms with Crippen molar-refractivity contribution in [3.05, 3.63) is 24.7 Å². The zero-order valence-corrected chi connectivity index (χ0v) is 14.7. The zero-order valence-electron chi connectivity index (χ0n) is 14.7. The van der Waals surface area contributed by atoms with Gasteiger partial charge in [0.2, 0.25) is 0 Å². The maximum Gasteiger partial charge on any atom is 0.424 e. The molecule has 0 aliphatic rings. The highest BCUT2D eigenvalue weighted by Gasteiger charge is 2.34. The molecule has 2 amide bonds. The van der Waals surface area contributed by atoms with E-state index in [1.807, 2.05) is 0 Å². The Morgan fingerprint density at radius 3 is 2.04 bits per heavy atom. The van der Waals surface area contributed by atoms with Gasteiger partial charge in [0.25, 0.3) is 0 Å². The van der Waals surface area contributed by atoms with E-state index in [1.54, 1.807) is 47.7 Å². The average Bonchev–Trinajstić information content (AvgIpc) is 2.83. The molecule has 0 saturated carbocycles. The van der Waals surface area contributed by atoms with Gasteiger partial charge in [0.05, 0.1) is 6.20 Å². The summed E-state index contributed by atoms with van der Waals surface area (Å²) in [5.41, 5.74) is -0.959. The van der Waals surface area contributed by atoms with Crippen LogP contribution in [0.2, 0.25) is 0 Å². The van der Waals surface area contributed by atoms with Gasteiger partial charge in [0.15, 0.2) is 5.65 Å². The van der Waals surface area contributed by atoms with Gasteiger partial charge in [-0.1, -0.05) is 0 Å². The van der Waals surface area contributed by atoms with Crippen LogP contribution in [-0.2, 0) is 9.47 Å². The first-order valence-electron chi connectivity index (χ1n) is 7.52. The van der Waals surface area contributed by atoms with Crippen molar-refractivity contribution >= 4 is 23.5 Å².